The van der Waals surface area contributed by atoms with Crippen molar-refractivity contribution in [1.82, 2.24) is 25.3 Å². The Labute approximate surface area is 241 Å². The summed E-state index contributed by atoms with van der Waals surface area (Å²) in [6.07, 6.45) is 8.47. The van der Waals surface area contributed by atoms with E-state index in [0.29, 0.717) is 31.0 Å². The lowest BCUT2D eigenvalue weighted by molar-refractivity contribution is -0.124. The molecule has 1 fully saturated rings. The highest BCUT2D eigenvalue weighted by Crippen LogP contribution is 2.42. The first-order chi connectivity index (χ1) is 20.2. The van der Waals surface area contributed by atoms with E-state index in [2.05, 4.69) is 33.6 Å². The molecule has 2 aromatic carbocycles. The van der Waals surface area contributed by atoms with Crippen LogP contribution in [0.1, 0.15) is 69.7 Å². The molecule has 0 spiro atoms. The number of nitrogens with one attached hydrogen (secondary N) is 1. The van der Waals surface area contributed by atoms with Gasteiger partial charge in [-0.15, -0.1) is 5.10 Å². The minimum Gasteiger partial charge on any atom is -0.479 e. The number of ketones is 1. The van der Waals surface area contributed by atoms with E-state index >= 15 is 0 Å². The normalized spacial score (nSPS) is 15.8. The Morgan fingerprint density at radius 3 is 2.60 bits per heavy atom. The van der Waals surface area contributed by atoms with Gasteiger partial charge in [-0.2, -0.15) is 8.78 Å². The second kappa shape index (κ2) is 12.6. The average molecular weight is 584 g/mol. The first kappa shape index (κ1) is 29.6. The van der Waals surface area contributed by atoms with Gasteiger partial charge < -0.3 is 10.1 Å². The molecule has 1 saturated carbocycles. The molecule has 2 atom stereocenters. The maximum absolute atomic E-state index is 14.1. The van der Waals surface area contributed by atoms with E-state index in [1.54, 1.807) is 12.4 Å². The lowest BCUT2D eigenvalue weighted by Crippen LogP contribution is -2.48. The first-order valence-electron chi connectivity index (χ1n) is 14.2. The van der Waals surface area contributed by atoms with E-state index in [9.17, 15) is 22.4 Å². The molecule has 5 rings (SSSR count). The van der Waals surface area contributed by atoms with Gasteiger partial charge in [0.2, 0.25) is 11.6 Å². The maximum Gasteiger partial charge on any atom is 0.203 e. The van der Waals surface area contributed by atoms with E-state index < -0.39 is 53.0 Å². The van der Waals surface area contributed by atoms with E-state index in [-0.39, 0.29) is 6.07 Å². The third kappa shape index (κ3) is 6.01. The number of carbonyl (C=O) groups is 1. The molecule has 11 heteroatoms. The fourth-order valence-electron chi connectivity index (χ4n) is 5.37. The largest absolute Gasteiger partial charge is 0.479 e. The highest BCUT2D eigenvalue weighted by molar-refractivity contribution is 5.84. The van der Waals surface area contributed by atoms with Crippen LogP contribution in [0.4, 0.5) is 17.6 Å². The van der Waals surface area contributed by atoms with Gasteiger partial charge >= 0.3 is 0 Å². The number of hydrogen-bond donors (Lipinski definition) is 1. The monoisotopic (exact) mass is 583 g/mol. The highest BCUT2D eigenvalue weighted by atomic mass is 19.2. The number of carbonyl (C=O) groups excluding carboxylic acids is 1. The molecule has 1 aliphatic rings. The fraction of sp³-hybridized carbons (Fsp3) is 0.419. The molecule has 2 heterocycles. The highest BCUT2D eigenvalue weighted by Gasteiger charge is 2.41. The van der Waals surface area contributed by atoms with Gasteiger partial charge in [-0.05, 0) is 55.9 Å². The van der Waals surface area contributed by atoms with Crippen LogP contribution in [0, 0.1) is 29.2 Å². The number of nitrogens with zero attached hydrogens (tertiary/aromatic N) is 4. The molecule has 222 valence electrons. The fourth-order valence-corrected chi connectivity index (χ4v) is 5.37. The number of benzene rings is 2. The summed E-state index contributed by atoms with van der Waals surface area (Å²) in [5, 5.41) is 13.5. The molecule has 1 unspecified atom stereocenters. The summed E-state index contributed by atoms with van der Waals surface area (Å²) in [4.78, 5) is 17.6. The SMILES string of the molecule is CCCCC(C(=O)COc1c(F)c(F)cc(F)c1F)n1cc([C@@](C)(NCc2ccc3ncccc3c2)C2CCC2)nn1. The van der Waals surface area contributed by atoms with Crippen LogP contribution < -0.4 is 10.1 Å². The average Bonchev–Trinajstić information content (AvgIpc) is 3.45. The van der Waals surface area contributed by atoms with Gasteiger partial charge in [0.15, 0.2) is 23.2 Å². The quantitative estimate of drug-likeness (QED) is 0.142. The van der Waals surface area contributed by atoms with Crippen molar-refractivity contribution in [3.05, 3.63) is 83.3 Å². The molecule has 4 aromatic rings. The Bertz CT molecular complexity index is 1550. The molecule has 0 aliphatic heterocycles. The van der Waals surface area contributed by atoms with Crippen molar-refractivity contribution in [2.24, 2.45) is 5.92 Å². The molecular weight excluding hydrogens is 550 g/mol. The number of ether oxygens (including phenoxy) is 1. The Kier molecular flexibility index (Phi) is 8.86. The van der Waals surface area contributed by atoms with Gasteiger partial charge in [0.1, 0.15) is 18.3 Å². The van der Waals surface area contributed by atoms with Gasteiger partial charge in [-0.1, -0.05) is 43.5 Å². The van der Waals surface area contributed by atoms with Crippen LogP contribution in [0.15, 0.2) is 48.8 Å². The molecule has 7 nitrogen and oxygen atoms in total. The van der Waals surface area contributed by atoms with Crippen molar-refractivity contribution in [2.45, 2.75) is 70.5 Å². The zero-order valence-electron chi connectivity index (χ0n) is 23.5. The summed E-state index contributed by atoms with van der Waals surface area (Å²) in [6.45, 7) is 3.84. The van der Waals surface area contributed by atoms with Crippen LogP contribution >= 0.6 is 0 Å². The third-order valence-electron chi connectivity index (χ3n) is 8.24. The van der Waals surface area contributed by atoms with Crippen LogP contribution in [0.5, 0.6) is 5.75 Å². The second-order valence-electron chi connectivity index (χ2n) is 11.0. The summed E-state index contributed by atoms with van der Waals surface area (Å²) in [5.41, 5.74) is 2.16. The van der Waals surface area contributed by atoms with E-state index in [1.807, 2.05) is 31.2 Å². The van der Waals surface area contributed by atoms with Crippen LogP contribution in [0.25, 0.3) is 10.9 Å². The Morgan fingerprint density at radius 1 is 1.14 bits per heavy atom. The molecule has 2 aromatic heterocycles. The number of pyridine rings is 1. The zero-order chi connectivity index (χ0) is 29.9. The van der Waals surface area contributed by atoms with Crippen LogP contribution in [-0.2, 0) is 16.9 Å². The minimum atomic E-state index is -1.69. The number of halogens is 4. The summed E-state index contributed by atoms with van der Waals surface area (Å²) < 4.78 is 61.8. The lowest BCUT2D eigenvalue weighted by atomic mass is 9.70. The molecular formula is C31H33F4N5O2. The van der Waals surface area contributed by atoms with Gasteiger partial charge in [-0.25, -0.2) is 13.5 Å². The Hall–Kier alpha value is -3.86. The maximum atomic E-state index is 14.1. The van der Waals surface area contributed by atoms with Crippen molar-refractivity contribution in [2.75, 3.05) is 6.61 Å². The number of fused-ring (bicyclic) bond motifs is 1. The number of aromatic nitrogens is 4. The number of Topliss-reactive ketones (excluding diaryl/α,β-unsaturated/α-hetero) is 1. The van der Waals surface area contributed by atoms with Crippen molar-refractivity contribution < 1.29 is 27.1 Å². The van der Waals surface area contributed by atoms with Gasteiger partial charge in [0, 0.05) is 24.2 Å². The molecule has 0 bridgehead atoms. The third-order valence-corrected chi connectivity index (χ3v) is 8.24. The smallest absolute Gasteiger partial charge is 0.203 e. The second-order valence-corrected chi connectivity index (χ2v) is 11.0. The minimum absolute atomic E-state index is 0.0880. The number of unbranched alkanes of at least 4 members (excludes halogenated alkanes) is 1. The molecule has 0 amide bonds. The van der Waals surface area contributed by atoms with Gasteiger partial charge in [0.25, 0.3) is 0 Å². The summed E-state index contributed by atoms with van der Waals surface area (Å²) >= 11 is 0. The molecule has 1 aliphatic carbocycles. The molecule has 42 heavy (non-hydrogen) atoms. The number of rotatable bonds is 13. The van der Waals surface area contributed by atoms with Crippen LogP contribution in [-0.4, -0.2) is 32.4 Å². The van der Waals surface area contributed by atoms with Crippen molar-refractivity contribution in [1.29, 1.82) is 0 Å². The molecule has 0 radical (unpaired) electrons. The van der Waals surface area contributed by atoms with Crippen LogP contribution in [0.3, 0.4) is 0 Å². The summed E-state index contributed by atoms with van der Waals surface area (Å²) in [7, 11) is 0. The van der Waals surface area contributed by atoms with Crippen molar-refractivity contribution >= 4 is 16.7 Å². The van der Waals surface area contributed by atoms with E-state index in [0.717, 1.165) is 42.1 Å². The summed E-state index contributed by atoms with van der Waals surface area (Å²) in [5.74, 6) is -8.11. The standard InChI is InChI=1S/C31H33F4N5O2/c1-3-4-10-25(26(41)18-42-30-28(34)22(32)15-23(33)29(30)35)40-17-27(38-39-40)31(2,21-8-5-9-21)37-16-19-11-12-24-20(14-19)7-6-13-36-24/h6-7,11-15,17,21,25,37H,3-5,8-10,16,18H2,1-2H3/t25?,31-/m0/s1. The Morgan fingerprint density at radius 2 is 1.90 bits per heavy atom. The van der Waals surface area contributed by atoms with Gasteiger partial charge in [0.05, 0.1) is 17.3 Å². The van der Waals surface area contributed by atoms with Crippen molar-refractivity contribution in [3.63, 3.8) is 0 Å². The van der Waals surface area contributed by atoms with Crippen LogP contribution in [0.2, 0.25) is 0 Å². The summed E-state index contributed by atoms with van der Waals surface area (Å²) in [6, 6.07) is 9.30. The number of hydrogen-bond acceptors (Lipinski definition) is 6. The lowest BCUT2D eigenvalue weighted by Gasteiger charge is -2.42. The Balaban J connectivity index is 1.35. The molecule has 1 N–H and O–H groups in total. The molecule has 0 saturated heterocycles. The first-order valence-corrected chi connectivity index (χ1v) is 14.2. The predicted octanol–water partition coefficient (Wildman–Crippen LogP) is 6.57. The predicted molar refractivity (Wildman–Crippen MR) is 149 cm³/mol. The topological polar surface area (TPSA) is 81.9 Å². The van der Waals surface area contributed by atoms with Gasteiger partial charge in [-0.3, -0.25) is 9.78 Å². The van der Waals surface area contributed by atoms with E-state index in [1.165, 1.54) is 4.68 Å². The zero-order valence-corrected chi connectivity index (χ0v) is 23.5. The van der Waals surface area contributed by atoms with Crippen molar-refractivity contribution in [3.8, 4) is 5.75 Å². The van der Waals surface area contributed by atoms with E-state index in [4.69, 9.17) is 4.74 Å².